The summed E-state index contributed by atoms with van der Waals surface area (Å²) in [6.07, 6.45) is -3.09. The molecule has 0 radical (unpaired) electrons. The van der Waals surface area contributed by atoms with Crippen molar-refractivity contribution in [2.24, 2.45) is 0 Å². The Morgan fingerprint density at radius 3 is 2.52 bits per heavy atom. The molecule has 42 heavy (non-hydrogen) atoms. The second-order valence-electron chi connectivity index (χ2n) is 9.16. The van der Waals surface area contributed by atoms with Gasteiger partial charge in [-0.1, -0.05) is 12.1 Å². The standard InChI is InChI=1S/C27H33F3N6O5S/c1-6-41-12-11-31-25(37)18-9-10-21(23(14-18)40-4)34-26-33-16-20(27(28,29)30)24(35-26)32-15-19-8-7-17(2)13-22(19)36(3)42(5,38)39/h7-10,13-14,16H,6,11-12,15H2,1-5H3,(H,31,37)(H2,32,33,34,35). The predicted molar refractivity (Wildman–Crippen MR) is 154 cm³/mol. The molecule has 15 heteroatoms. The molecule has 1 aromatic heterocycles. The maximum atomic E-state index is 13.8. The SMILES string of the molecule is CCOCCNC(=O)c1ccc(Nc2ncc(C(F)(F)F)c(NCc3ccc(C)cc3N(C)S(C)(=O)=O)n2)c(OC)c1. The fourth-order valence-electron chi connectivity index (χ4n) is 3.80. The van der Waals surface area contributed by atoms with E-state index >= 15 is 0 Å². The average molecular weight is 611 g/mol. The van der Waals surface area contributed by atoms with Crippen LogP contribution in [0.25, 0.3) is 0 Å². The van der Waals surface area contributed by atoms with Crippen LogP contribution < -0.4 is 25.0 Å². The fraction of sp³-hybridized carbons (Fsp3) is 0.370. The summed E-state index contributed by atoms with van der Waals surface area (Å²) in [5.41, 5.74) is 1.03. The minimum Gasteiger partial charge on any atom is -0.495 e. The zero-order chi connectivity index (χ0) is 31.1. The summed E-state index contributed by atoms with van der Waals surface area (Å²) in [5, 5.41) is 8.23. The molecular weight excluding hydrogens is 577 g/mol. The minimum absolute atomic E-state index is 0.161. The van der Waals surface area contributed by atoms with Crippen LogP contribution in [-0.4, -0.2) is 64.5 Å². The third kappa shape index (κ3) is 8.45. The number of alkyl halides is 3. The van der Waals surface area contributed by atoms with Crippen molar-refractivity contribution in [1.82, 2.24) is 15.3 Å². The maximum absolute atomic E-state index is 13.8. The topological polar surface area (TPSA) is 135 Å². The van der Waals surface area contributed by atoms with E-state index in [-0.39, 0.29) is 24.1 Å². The first-order chi connectivity index (χ1) is 19.7. The predicted octanol–water partition coefficient (Wildman–Crippen LogP) is 4.33. The van der Waals surface area contributed by atoms with Crippen LogP contribution in [-0.2, 0) is 27.5 Å². The largest absolute Gasteiger partial charge is 0.495 e. The van der Waals surface area contributed by atoms with Crippen LogP contribution in [0.2, 0.25) is 0 Å². The van der Waals surface area contributed by atoms with Crippen LogP contribution in [0.5, 0.6) is 5.75 Å². The second kappa shape index (κ2) is 13.7. The number of halogens is 3. The van der Waals surface area contributed by atoms with Crippen molar-refractivity contribution in [3.63, 3.8) is 0 Å². The Kier molecular flexibility index (Phi) is 10.6. The van der Waals surface area contributed by atoms with Crippen molar-refractivity contribution in [3.05, 3.63) is 64.8 Å². The highest BCUT2D eigenvalue weighted by Gasteiger charge is 2.35. The molecule has 228 valence electrons. The van der Waals surface area contributed by atoms with Gasteiger partial charge in [0.05, 0.1) is 31.3 Å². The molecule has 11 nitrogen and oxygen atoms in total. The molecule has 0 atom stereocenters. The molecule has 0 aliphatic rings. The van der Waals surface area contributed by atoms with Crippen molar-refractivity contribution in [2.45, 2.75) is 26.6 Å². The van der Waals surface area contributed by atoms with E-state index in [9.17, 15) is 26.4 Å². The quantitative estimate of drug-likeness (QED) is 0.242. The first-order valence-electron chi connectivity index (χ1n) is 12.8. The van der Waals surface area contributed by atoms with E-state index in [1.807, 2.05) is 6.92 Å². The van der Waals surface area contributed by atoms with Crippen LogP contribution in [0.15, 0.2) is 42.6 Å². The number of benzene rings is 2. The Morgan fingerprint density at radius 1 is 1.14 bits per heavy atom. The van der Waals surface area contributed by atoms with Crippen LogP contribution in [0, 0.1) is 6.92 Å². The highest BCUT2D eigenvalue weighted by molar-refractivity contribution is 7.92. The van der Waals surface area contributed by atoms with E-state index < -0.39 is 27.6 Å². The van der Waals surface area contributed by atoms with Gasteiger partial charge < -0.3 is 25.4 Å². The first-order valence-corrected chi connectivity index (χ1v) is 14.6. The molecule has 1 amide bonds. The third-order valence-electron chi connectivity index (χ3n) is 6.06. The number of methoxy groups -OCH3 is 1. The summed E-state index contributed by atoms with van der Waals surface area (Å²) < 4.78 is 77.4. The highest BCUT2D eigenvalue weighted by Crippen LogP contribution is 2.35. The lowest BCUT2D eigenvalue weighted by molar-refractivity contribution is -0.137. The molecular formula is C27H33F3N6O5S. The van der Waals surface area contributed by atoms with Gasteiger partial charge >= 0.3 is 6.18 Å². The Morgan fingerprint density at radius 2 is 1.88 bits per heavy atom. The average Bonchev–Trinajstić information content (AvgIpc) is 2.93. The van der Waals surface area contributed by atoms with E-state index in [2.05, 4.69) is 25.9 Å². The number of ether oxygens (including phenoxy) is 2. The molecule has 2 aromatic carbocycles. The molecule has 0 fully saturated rings. The summed E-state index contributed by atoms with van der Waals surface area (Å²) >= 11 is 0. The van der Waals surface area contributed by atoms with Gasteiger partial charge in [-0.2, -0.15) is 18.2 Å². The normalized spacial score (nSPS) is 11.6. The molecule has 1 heterocycles. The molecule has 0 bridgehead atoms. The number of nitrogens with one attached hydrogen (secondary N) is 3. The van der Waals surface area contributed by atoms with Gasteiger partial charge in [-0.05, 0) is 49.2 Å². The number of carbonyl (C=O) groups is 1. The van der Waals surface area contributed by atoms with Gasteiger partial charge in [0.25, 0.3) is 5.91 Å². The molecule has 3 N–H and O–H groups in total. The molecule has 3 aromatic rings. The van der Waals surface area contributed by atoms with Gasteiger partial charge in [-0.15, -0.1) is 0 Å². The summed E-state index contributed by atoms with van der Waals surface area (Å²) in [5.74, 6) is -0.805. The number of hydrogen-bond donors (Lipinski definition) is 3. The minimum atomic E-state index is -4.77. The number of aromatic nitrogens is 2. The van der Waals surface area contributed by atoms with Crippen LogP contribution in [0.1, 0.15) is 34.0 Å². The molecule has 0 unspecified atom stereocenters. The number of carbonyl (C=O) groups excluding carboxylic acids is 1. The molecule has 0 aliphatic carbocycles. The Labute approximate surface area is 242 Å². The highest BCUT2D eigenvalue weighted by atomic mass is 32.2. The van der Waals surface area contributed by atoms with E-state index in [0.717, 1.165) is 16.1 Å². The number of hydrogen-bond acceptors (Lipinski definition) is 9. The number of anilines is 4. The van der Waals surface area contributed by atoms with Crippen molar-refractivity contribution in [1.29, 1.82) is 0 Å². The number of aryl methyl sites for hydroxylation is 1. The van der Waals surface area contributed by atoms with Gasteiger partial charge in [-0.25, -0.2) is 13.4 Å². The van der Waals surface area contributed by atoms with Crippen LogP contribution in [0.3, 0.4) is 0 Å². The number of sulfonamides is 1. The van der Waals surface area contributed by atoms with Gasteiger partial charge in [0.2, 0.25) is 16.0 Å². The number of rotatable bonds is 13. The van der Waals surface area contributed by atoms with E-state index in [1.165, 1.54) is 32.4 Å². The van der Waals surface area contributed by atoms with Crippen LogP contribution >= 0.6 is 0 Å². The maximum Gasteiger partial charge on any atom is 0.421 e. The first kappa shape index (κ1) is 32.4. The lowest BCUT2D eigenvalue weighted by atomic mass is 10.1. The van der Waals surface area contributed by atoms with Gasteiger partial charge in [0, 0.05) is 38.5 Å². The monoisotopic (exact) mass is 610 g/mol. The van der Waals surface area contributed by atoms with E-state index in [4.69, 9.17) is 9.47 Å². The Bertz CT molecular complexity index is 1520. The lowest BCUT2D eigenvalue weighted by Crippen LogP contribution is -2.27. The molecule has 0 saturated heterocycles. The lowest BCUT2D eigenvalue weighted by Gasteiger charge is -2.22. The summed E-state index contributed by atoms with van der Waals surface area (Å²) in [4.78, 5) is 20.3. The third-order valence-corrected chi connectivity index (χ3v) is 7.26. The van der Waals surface area contributed by atoms with Gasteiger partial charge in [0.1, 0.15) is 17.1 Å². The number of amides is 1. The van der Waals surface area contributed by atoms with E-state index in [1.54, 1.807) is 25.1 Å². The van der Waals surface area contributed by atoms with Crippen LogP contribution in [0.4, 0.5) is 36.3 Å². The van der Waals surface area contributed by atoms with Gasteiger partial charge in [-0.3, -0.25) is 9.10 Å². The summed E-state index contributed by atoms with van der Waals surface area (Å²) in [7, 11) is -0.881. The molecule has 3 rings (SSSR count). The zero-order valence-corrected chi connectivity index (χ0v) is 24.6. The summed E-state index contributed by atoms with van der Waals surface area (Å²) in [6, 6.07) is 9.49. The van der Waals surface area contributed by atoms with Crippen molar-refractivity contribution >= 4 is 39.1 Å². The van der Waals surface area contributed by atoms with E-state index in [0.29, 0.717) is 48.5 Å². The smallest absolute Gasteiger partial charge is 0.421 e. The Hall–Kier alpha value is -4.11. The van der Waals surface area contributed by atoms with Crippen molar-refractivity contribution in [3.8, 4) is 5.75 Å². The second-order valence-corrected chi connectivity index (χ2v) is 11.2. The molecule has 0 aliphatic heterocycles. The fourth-order valence-corrected chi connectivity index (χ4v) is 4.32. The summed E-state index contributed by atoms with van der Waals surface area (Å²) in [6.45, 7) is 4.67. The Balaban J connectivity index is 1.88. The number of nitrogens with zero attached hydrogens (tertiary/aromatic N) is 3. The van der Waals surface area contributed by atoms with Gasteiger partial charge in [0.15, 0.2) is 0 Å². The van der Waals surface area contributed by atoms with Crippen molar-refractivity contribution < 1.29 is 35.9 Å². The molecule has 0 spiro atoms. The zero-order valence-electron chi connectivity index (χ0n) is 23.8. The van der Waals surface area contributed by atoms with Crippen molar-refractivity contribution in [2.75, 3.05) is 55.1 Å². The molecule has 0 saturated carbocycles.